The van der Waals surface area contributed by atoms with Gasteiger partial charge in [0, 0.05) is 18.8 Å². The first kappa shape index (κ1) is 13.3. The second-order valence-electron chi connectivity index (χ2n) is 5.25. The third-order valence-corrected chi connectivity index (χ3v) is 5.33. The fourth-order valence-corrected chi connectivity index (χ4v) is 4.12. The zero-order valence-corrected chi connectivity index (χ0v) is 11.1. The molecule has 3 nitrogen and oxygen atoms in total. The molecule has 0 spiro atoms. The van der Waals surface area contributed by atoms with Gasteiger partial charge in [-0.3, -0.25) is 4.90 Å². The average Bonchev–Trinajstić information content (AvgIpc) is 2.96. The summed E-state index contributed by atoms with van der Waals surface area (Å²) in [4.78, 5) is 5.98. The van der Waals surface area contributed by atoms with Gasteiger partial charge in [0.25, 0.3) is 0 Å². The molecule has 2 fully saturated rings. The van der Waals surface area contributed by atoms with Crippen molar-refractivity contribution >= 4 is 11.3 Å². The van der Waals surface area contributed by atoms with Crippen LogP contribution in [-0.2, 0) is 11.8 Å². The largest absolute Gasteiger partial charge is 0.443 e. The molecule has 0 saturated carbocycles. The van der Waals surface area contributed by atoms with Gasteiger partial charge in [-0.1, -0.05) is 6.42 Å². The molecule has 1 aromatic rings. The maximum Gasteiger partial charge on any atom is 0.443 e. The summed E-state index contributed by atoms with van der Waals surface area (Å²) in [6, 6.07) is -0.0530. The Morgan fingerprint density at radius 3 is 2.84 bits per heavy atom. The molecule has 1 aromatic heterocycles. The van der Waals surface area contributed by atoms with Crippen LogP contribution in [0.1, 0.15) is 35.6 Å². The van der Waals surface area contributed by atoms with Crippen LogP contribution in [0.25, 0.3) is 0 Å². The van der Waals surface area contributed by atoms with E-state index in [2.05, 4.69) is 9.88 Å². The van der Waals surface area contributed by atoms with Crippen molar-refractivity contribution in [2.45, 2.75) is 43.5 Å². The molecule has 2 atom stereocenters. The summed E-state index contributed by atoms with van der Waals surface area (Å²) in [5.41, 5.74) is -1.15. The lowest BCUT2D eigenvalue weighted by Gasteiger charge is -2.36. The topological polar surface area (TPSA) is 36.4 Å². The molecular weight excluding hydrogens is 277 g/mol. The number of rotatable bonds is 1. The molecule has 7 heteroatoms. The fraction of sp³-hybridized carbons (Fsp3) is 0.750. The van der Waals surface area contributed by atoms with Crippen LogP contribution in [-0.4, -0.2) is 34.1 Å². The summed E-state index contributed by atoms with van der Waals surface area (Å²) in [6.45, 7) is 1.68. The predicted octanol–water partition coefficient (Wildman–Crippen LogP) is 2.61. The molecule has 0 aliphatic carbocycles. The Hall–Kier alpha value is -0.660. The second kappa shape index (κ2) is 4.43. The van der Waals surface area contributed by atoms with E-state index in [1.165, 1.54) is 6.20 Å². The van der Waals surface area contributed by atoms with Crippen LogP contribution >= 0.6 is 11.3 Å². The smallest absolute Gasteiger partial charge is 0.383 e. The SMILES string of the molecule is OC1(c2cnc(C(F)(F)F)s2)CCN2CCCCC21. The first-order valence-electron chi connectivity index (χ1n) is 6.41. The summed E-state index contributed by atoms with van der Waals surface area (Å²) in [7, 11) is 0. The number of alkyl halides is 3. The zero-order valence-electron chi connectivity index (χ0n) is 10.3. The maximum atomic E-state index is 12.6. The minimum absolute atomic E-state index is 0.0530. The molecule has 0 aromatic carbocycles. The van der Waals surface area contributed by atoms with E-state index in [4.69, 9.17) is 0 Å². The van der Waals surface area contributed by atoms with Crippen molar-refractivity contribution in [2.75, 3.05) is 13.1 Å². The van der Waals surface area contributed by atoms with Gasteiger partial charge in [-0.25, -0.2) is 4.98 Å². The van der Waals surface area contributed by atoms with E-state index in [1.54, 1.807) is 0 Å². The Bertz CT molecular complexity index is 476. The molecule has 3 rings (SSSR count). The molecule has 2 aliphatic rings. The number of piperidine rings is 1. The van der Waals surface area contributed by atoms with Crippen LogP contribution < -0.4 is 0 Å². The number of hydrogen-bond donors (Lipinski definition) is 1. The lowest BCUT2D eigenvalue weighted by molar-refractivity contribution is -0.137. The molecule has 0 bridgehead atoms. The summed E-state index contributed by atoms with van der Waals surface area (Å²) in [5.74, 6) is 0. The zero-order chi connectivity index (χ0) is 13.7. The summed E-state index contributed by atoms with van der Waals surface area (Å²) >= 11 is 0.579. The summed E-state index contributed by atoms with van der Waals surface area (Å²) in [5, 5.41) is 9.93. The first-order valence-corrected chi connectivity index (χ1v) is 7.23. The van der Waals surface area contributed by atoms with Gasteiger partial charge in [-0.15, -0.1) is 11.3 Å². The van der Waals surface area contributed by atoms with Gasteiger partial charge in [-0.05, 0) is 25.8 Å². The Morgan fingerprint density at radius 2 is 2.16 bits per heavy atom. The minimum atomic E-state index is -4.43. The molecular formula is C12H15F3N2OS. The van der Waals surface area contributed by atoms with Gasteiger partial charge in [0.05, 0.1) is 4.88 Å². The van der Waals surface area contributed by atoms with E-state index in [9.17, 15) is 18.3 Å². The molecule has 1 N–H and O–H groups in total. The van der Waals surface area contributed by atoms with Crippen LogP contribution in [0.15, 0.2) is 6.20 Å². The fourth-order valence-electron chi connectivity index (χ4n) is 3.17. The van der Waals surface area contributed by atoms with E-state index in [0.717, 1.165) is 32.4 Å². The van der Waals surface area contributed by atoms with Crippen LogP contribution in [0.4, 0.5) is 13.2 Å². The van der Waals surface area contributed by atoms with Gasteiger partial charge < -0.3 is 5.11 Å². The lowest BCUT2D eigenvalue weighted by Crippen LogP contribution is -2.44. The third-order valence-electron chi connectivity index (χ3n) is 4.12. The predicted molar refractivity (Wildman–Crippen MR) is 64.8 cm³/mol. The van der Waals surface area contributed by atoms with Crippen LogP contribution in [0.2, 0.25) is 0 Å². The minimum Gasteiger partial charge on any atom is -0.383 e. The lowest BCUT2D eigenvalue weighted by atomic mass is 9.88. The van der Waals surface area contributed by atoms with E-state index in [-0.39, 0.29) is 6.04 Å². The Balaban J connectivity index is 1.90. The molecule has 2 unspecified atom stereocenters. The van der Waals surface area contributed by atoms with E-state index in [0.29, 0.717) is 22.6 Å². The quantitative estimate of drug-likeness (QED) is 0.864. The van der Waals surface area contributed by atoms with E-state index < -0.39 is 16.8 Å². The molecule has 0 amide bonds. The van der Waals surface area contributed by atoms with Crippen LogP contribution in [0.3, 0.4) is 0 Å². The number of fused-ring (bicyclic) bond motifs is 1. The highest BCUT2D eigenvalue weighted by Crippen LogP contribution is 2.45. The van der Waals surface area contributed by atoms with Gasteiger partial charge >= 0.3 is 6.18 Å². The van der Waals surface area contributed by atoms with E-state index in [1.807, 2.05) is 0 Å². The van der Waals surface area contributed by atoms with Crippen molar-refractivity contribution in [1.29, 1.82) is 0 Å². The standard InChI is InChI=1S/C12H15F3N2OS/c13-12(14,15)10-16-7-9(19-10)11(18)4-6-17-5-2-1-3-8(11)17/h7-8,18H,1-6H2. The molecule has 2 saturated heterocycles. The third kappa shape index (κ3) is 2.17. The van der Waals surface area contributed by atoms with Crippen LogP contribution in [0.5, 0.6) is 0 Å². The highest BCUT2D eigenvalue weighted by molar-refractivity contribution is 7.11. The first-order chi connectivity index (χ1) is 8.91. The van der Waals surface area contributed by atoms with Crippen molar-refractivity contribution in [3.05, 3.63) is 16.1 Å². The highest BCUT2D eigenvalue weighted by atomic mass is 32.1. The maximum absolute atomic E-state index is 12.6. The highest BCUT2D eigenvalue weighted by Gasteiger charge is 2.49. The molecule has 3 heterocycles. The average molecular weight is 292 g/mol. The number of thiazole rings is 1. The van der Waals surface area contributed by atoms with Gasteiger partial charge in [0.2, 0.25) is 0 Å². The molecule has 2 aliphatic heterocycles. The normalized spacial score (nSPS) is 32.5. The van der Waals surface area contributed by atoms with E-state index >= 15 is 0 Å². The van der Waals surface area contributed by atoms with Crippen molar-refractivity contribution in [1.82, 2.24) is 9.88 Å². The second-order valence-corrected chi connectivity index (χ2v) is 6.28. The van der Waals surface area contributed by atoms with Gasteiger partial charge in [-0.2, -0.15) is 13.2 Å². The van der Waals surface area contributed by atoms with Crippen molar-refractivity contribution < 1.29 is 18.3 Å². The van der Waals surface area contributed by atoms with Crippen molar-refractivity contribution in [3.8, 4) is 0 Å². The van der Waals surface area contributed by atoms with Crippen LogP contribution in [0, 0.1) is 0 Å². The number of nitrogens with zero attached hydrogens (tertiary/aromatic N) is 2. The Kier molecular flexibility index (Phi) is 3.11. The summed E-state index contributed by atoms with van der Waals surface area (Å²) < 4.78 is 37.8. The number of aliphatic hydroxyl groups is 1. The molecule has 0 radical (unpaired) electrons. The molecule has 106 valence electrons. The monoisotopic (exact) mass is 292 g/mol. The van der Waals surface area contributed by atoms with Crippen molar-refractivity contribution in [3.63, 3.8) is 0 Å². The Labute approximate surface area is 113 Å². The Morgan fingerprint density at radius 1 is 1.37 bits per heavy atom. The number of halogens is 3. The van der Waals surface area contributed by atoms with Crippen molar-refractivity contribution in [2.24, 2.45) is 0 Å². The van der Waals surface area contributed by atoms with Gasteiger partial charge in [0.15, 0.2) is 5.01 Å². The number of aromatic nitrogens is 1. The number of hydrogen-bond acceptors (Lipinski definition) is 4. The molecule has 19 heavy (non-hydrogen) atoms. The summed E-state index contributed by atoms with van der Waals surface area (Å²) in [6.07, 6.45) is 0.236. The van der Waals surface area contributed by atoms with Gasteiger partial charge in [0.1, 0.15) is 5.60 Å².